The number of benzene rings is 1. The molecule has 0 unspecified atom stereocenters. The Bertz CT molecular complexity index is 608. The molecule has 0 saturated carbocycles. The molecular weight excluding hydrogens is 326 g/mol. The van der Waals surface area contributed by atoms with Gasteiger partial charge in [0, 0.05) is 6.54 Å². The molecule has 0 spiro atoms. The van der Waals surface area contributed by atoms with Crippen LogP contribution in [0.15, 0.2) is 18.2 Å². The fourth-order valence-electron chi connectivity index (χ4n) is 2.22. The highest BCUT2D eigenvalue weighted by atomic mass is 16.6. The quantitative estimate of drug-likeness (QED) is 0.729. The van der Waals surface area contributed by atoms with E-state index in [0.717, 1.165) is 0 Å². The number of rotatable bonds is 7. The van der Waals surface area contributed by atoms with Crippen molar-refractivity contribution in [3.8, 4) is 5.75 Å². The van der Waals surface area contributed by atoms with Crippen molar-refractivity contribution in [1.82, 2.24) is 4.90 Å². The summed E-state index contributed by atoms with van der Waals surface area (Å²) in [5.74, 6) is 0.212. The standard InChI is InChI=1S/C18H27NO6/c1-12(21)14-7-6-13(10-16(14)24-5)15(22)11-19(8-9-20)17(23)25-18(2,3)4/h6-7,10,15,20,22H,8-9,11H2,1-5H3/t15-/m0/s1. The van der Waals surface area contributed by atoms with E-state index in [1.807, 2.05) is 0 Å². The van der Waals surface area contributed by atoms with Gasteiger partial charge in [0.05, 0.1) is 31.9 Å². The summed E-state index contributed by atoms with van der Waals surface area (Å²) in [5, 5.41) is 19.6. The van der Waals surface area contributed by atoms with Crippen LogP contribution in [0.1, 0.15) is 49.7 Å². The third-order valence-corrected chi connectivity index (χ3v) is 3.40. The third-order valence-electron chi connectivity index (χ3n) is 3.40. The average molecular weight is 353 g/mol. The van der Waals surface area contributed by atoms with Crippen molar-refractivity contribution in [2.75, 3.05) is 26.8 Å². The van der Waals surface area contributed by atoms with Gasteiger partial charge in [-0.25, -0.2) is 4.79 Å². The van der Waals surface area contributed by atoms with Crippen molar-refractivity contribution in [3.63, 3.8) is 0 Å². The molecule has 1 aromatic carbocycles. The number of aliphatic hydroxyl groups is 2. The predicted octanol–water partition coefficient (Wildman–Crippen LogP) is 2.16. The topological polar surface area (TPSA) is 96.3 Å². The minimum atomic E-state index is -1.02. The predicted molar refractivity (Wildman–Crippen MR) is 92.9 cm³/mol. The Balaban J connectivity index is 2.95. The number of amides is 1. The van der Waals surface area contributed by atoms with Crippen LogP contribution in [0.4, 0.5) is 4.79 Å². The van der Waals surface area contributed by atoms with Crippen molar-refractivity contribution in [2.24, 2.45) is 0 Å². The van der Waals surface area contributed by atoms with Gasteiger partial charge >= 0.3 is 6.09 Å². The summed E-state index contributed by atoms with van der Waals surface area (Å²) in [6.07, 6.45) is -1.64. The number of ketones is 1. The Kier molecular flexibility index (Phi) is 7.38. The molecule has 7 nitrogen and oxygen atoms in total. The van der Waals surface area contributed by atoms with E-state index in [-0.39, 0.29) is 25.5 Å². The second-order valence-electron chi connectivity index (χ2n) is 6.68. The number of carbonyl (C=O) groups excluding carboxylic acids is 2. The molecule has 1 atom stereocenters. The van der Waals surface area contributed by atoms with Crippen molar-refractivity contribution in [2.45, 2.75) is 39.4 Å². The number of hydrogen-bond donors (Lipinski definition) is 2. The molecule has 25 heavy (non-hydrogen) atoms. The summed E-state index contributed by atoms with van der Waals surface area (Å²) in [6.45, 7) is 6.38. The molecule has 1 rings (SSSR count). The number of methoxy groups -OCH3 is 1. The number of nitrogens with zero attached hydrogens (tertiary/aromatic N) is 1. The number of ether oxygens (including phenoxy) is 2. The van der Waals surface area contributed by atoms with Gasteiger partial charge in [0.25, 0.3) is 0 Å². The summed E-state index contributed by atoms with van der Waals surface area (Å²) in [6, 6.07) is 4.74. The summed E-state index contributed by atoms with van der Waals surface area (Å²) in [5.41, 5.74) is 0.230. The summed E-state index contributed by atoms with van der Waals surface area (Å²) in [4.78, 5) is 25.0. The number of Topliss-reactive ketones (excluding diaryl/α,β-unsaturated/α-hetero) is 1. The van der Waals surface area contributed by atoms with Crippen molar-refractivity contribution in [3.05, 3.63) is 29.3 Å². The Morgan fingerprint density at radius 2 is 1.92 bits per heavy atom. The molecule has 0 saturated heterocycles. The Labute approximate surface area is 148 Å². The Hall–Kier alpha value is -2.12. The largest absolute Gasteiger partial charge is 0.496 e. The number of hydrogen-bond acceptors (Lipinski definition) is 6. The lowest BCUT2D eigenvalue weighted by atomic mass is 10.0. The summed E-state index contributed by atoms with van der Waals surface area (Å²) in [7, 11) is 1.44. The molecule has 0 radical (unpaired) electrons. The van der Waals surface area contributed by atoms with E-state index in [2.05, 4.69) is 0 Å². The number of carbonyl (C=O) groups is 2. The van der Waals surface area contributed by atoms with Gasteiger partial charge < -0.3 is 24.6 Å². The van der Waals surface area contributed by atoms with E-state index in [1.165, 1.54) is 18.9 Å². The first kappa shape index (κ1) is 20.9. The van der Waals surface area contributed by atoms with Crippen molar-refractivity contribution >= 4 is 11.9 Å². The minimum absolute atomic E-state index is 0.0363. The molecule has 7 heteroatoms. The van der Waals surface area contributed by atoms with Gasteiger partial charge in [-0.1, -0.05) is 6.07 Å². The molecule has 1 amide bonds. The molecule has 0 aliphatic heterocycles. The van der Waals surface area contributed by atoms with Gasteiger partial charge in [-0.2, -0.15) is 0 Å². The molecule has 2 N–H and O–H groups in total. The lowest BCUT2D eigenvalue weighted by Gasteiger charge is -2.28. The van der Waals surface area contributed by atoms with Gasteiger partial charge in [-0.15, -0.1) is 0 Å². The van der Waals surface area contributed by atoms with Crippen LogP contribution in [0, 0.1) is 0 Å². The lowest BCUT2D eigenvalue weighted by molar-refractivity contribution is 0.0109. The van der Waals surface area contributed by atoms with E-state index >= 15 is 0 Å². The molecular formula is C18H27NO6. The second kappa shape index (κ2) is 8.82. The van der Waals surface area contributed by atoms with Gasteiger partial charge in [-0.3, -0.25) is 4.79 Å². The van der Waals surface area contributed by atoms with Gasteiger partial charge in [0.1, 0.15) is 11.4 Å². The fraction of sp³-hybridized carbons (Fsp3) is 0.556. The maximum atomic E-state index is 12.2. The highest BCUT2D eigenvalue weighted by Gasteiger charge is 2.24. The van der Waals surface area contributed by atoms with Crippen LogP contribution >= 0.6 is 0 Å². The Morgan fingerprint density at radius 1 is 1.28 bits per heavy atom. The van der Waals surface area contributed by atoms with Crippen LogP contribution in [-0.2, 0) is 4.74 Å². The lowest BCUT2D eigenvalue weighted by Crippen LogP contribution is -2.40. The first-order chi connectivity index (χ1) is 11.6. The third kappa shape index (κ3) is 6.36. The second-order valence-corrected chi connectivity index (χ2v) is 6.68. The van der Waals surface area contributed by atoms with Crippen LogP contribution in [0.3, 0.4) is 0 Å². The van der Waals surface area contributed by atoms with Crippen molar-refractivity contribution < 1.29 is 29.3 Å². The highest BCUT2D eigenvalue weighted by molar-refractivity contribution is 5.96. The van der Waals surface area contributed by atoms with Gasteiger partial charge in [0.2, 0.25) is 0 Å². The minimum Gasteiger partial charge on any atom is -0.496 e. The van der Waals surface area contributed by atoms with E-state index in [4.69, 9.17) is 14.6 Å². The molecule has 0 heterocycles. The van der Waals surface area contributed by atoms with E-state index < -0.39 is 17.8 Å². The maximum absolute atomic E-state index is 12.2. The smallest absolute Gasteiger partial charge is 0.410 e. The molecule has 1 aromatic rings. The molecule has 0 aliphatic carbocycles. The number of aliphatic hydroxyl groups excluding tert-OH is 2. The first-order valence-corrected chi connectivity index (χ1v) is 8.04. The maximum Gasteiger partial charge on any atom is 0.410 e. The molecule has 0 aliphatic rings. The van der Waals surface area contributed by atoms with Crippen LogP contribution < -0.4 is 4.74 Å². The molecule has 0 bridgehead atoms. The van der Waals surface area contributed by atoms with E-state index in [9.17, 15) is 14.7 Å². The highest BCUT2D eigenvalue weighted by Crippen LogP contribution is 2.25. The SMILES string of the molecule is COc1cc([C@@H](O)CN(CCO)C(=O)OC(C)(C)C)ccc1C(C)=O. The summed E-state index contributed by atoms with van der Waals surface area (Å²) < 4.78 is 10.5. The monoisotopic (exact) mass is 353 g/mol. The van der Waals surface area contributed by atoms with Crippen LogP contribution in [0.5, 0.6) is 5.75 Å². The zero-order valence-electron chi connectivity index (χ0n) is 15.4. The normalized spacial score (nSPS) is 12.4. The molecule has 140 valence electrons. The Morgan fingerprint density at radius 3 is 2.40 bits per heavy atom. The van der Waals surface area contributed by atoms with Crippen molar-refractivity contribution in [1.29, 1.82) is 0 Å². The van der Waals surface area contributed by atoms with Crippen LogP contribution in [0.2, 0.25) is 0 Å². The van der Waals surface area contributed by atoms with E-state index in [1.54, 1.807) is 39.0 Å². The van der Waals surface area contributed by atoms with Crippen LogP contribution in [-0.4, -0.2) is 59.4 Å². The van der Waals surface area contributed by atoms with Crippen LogP contribution in [0.25, 0.3) is 0 Å². The van der Waals surface area contributed by atoms with Gasteiger partial charge in [-0.05, 0) is 45.4 Å². The van der Waals surface area contributed by atoms with E-state index in [0.29, 0.717) is 16.9 Å². The average Bonchev–Trinajstić information content (AvgIpc) is 2.51. The zero-order valence-corrected chi connectivity index (χ0v) is 15.4. The first-order valence-electron chi connectivity index (χ1n) is 8.04. The van der Waals surface area contributed by atoms with Gasteiger partial charge in [0.15, 0.2) is 5.78 Å². The zero-order chi connectivity index (χ0) is 19.2. The summed E-state index contributed by atoms with van der Waals surface area (Å²) >= 11 is 0. The molecule has 0 aromatic heterocycles. The molecule has 0 fully saturated rings. The fourth-order valence-corrected chi connectivity index (χ4v) is 2.22.